The van der Waals surface area contributed by atoms with Crippen LogP contribution in [0.25, 0.3) is 0 Å². The maximum Gasteiger partial charge on any atom is 0.318 e. The molecule has 3 unspecified atom stereocenters. The number of ether oxygens (including phenoxy) is 1. The molecule has 1 saturated heterocycles. The number of carboxylic acid groups (broad SMARTS) is 1. The number of nitrogens with one attached hydrogen (secondary N) is 1. The minimum atomic E-state index is -0.867. The number of aryl methyl sites for hydroxylation is 1. The number of carbonyl (C=O) groups excluding carboxylic acids is 1. The number of fused-ring (bicyclic) bond motifs is 1. The number of urea groups is 1. The van der Waals surface area contributed by atoms with Crippen molar-refractivity contribution in [1.29, 1.82) is 0 Å². The van der Waals surface area contributed by atoms with Crippen molar-refractivity contribution < 1.29 is 19.4 Å². The molecule has 28 heavy (non-hydrogen) atoms. The van der Waals surface area contributed by atoms with E-state index in [1.807, 2.05) is 6.07 Å². The minimum absolute atomic E-state index is 0.0159. The van der Waals surface area contributed by atoms with Crippen molar-refractivity contribution in [2.75, 3.05) is 39.8 Å². The third-order valence-electron chi connectivity index (χ3n) is 5.69. The number of morpholine rings is 1. The van der Waals surface area contributed by atoms with Gasteiger partial charge in [-0.05, 0) is 43.4 Å². The van der Waals surface area contributed by atoms with E-state index in [1.165, 1.54) is 11.1 Å². The fourth-order valence-electron chi connectivity index (χ4n) is 4.25. The normalized spacial score (nSPS) is 25.1. The number of hydrogen-bond donors (Lipinski definition) is 2. The number of hydrogen-bond acceptors (Lipinski definition) is 4. The van der Waals surface area contributed by atoms with Crippen LogP contribution in [0.2, 0.25) is 0 Å². The molecule has 1 aliphatic carbocycles. The topological polar surface area (TPSA) is 82.1 Å². The van der Waals surface area contributed by atoms with E-state index in [0.717, 1.165) is 19.3 Å². The summed E-state index contributed by atoms with van der Waals surface area (Å²) in [5, 5.41) is 12.2. The zero-order valence-electron chi connectivity index (χ0n) is 16.8. The Hall–Kier alpha value is -2.12. The lowest BCUT2D eigenvalue weighted by molar-refractivity contribution is -0.138. The Balaban J connectivity index is 1.63. The number of aliphatic carboxylic acids is 1. The summed E-state index contributed by atoms with van der Waals surface area (Å²) < 4.78 is 5.74. The van der Waals surface area contributed by atoms with E-state index in [2.05, 4.69) is 30.4 Å². The van der Waals surface area contributed by atoms with Crippen LogP contribution < -0.4 is 5.32 Å². The van der Waals surface area contributed by atoms with Gasteiger partial charge in [0.05, 0.1) is 25.3 Å². The third kappa shape index (κ3) is 5.23. The van der Waals surface area contributed by atoms with Crippen molar-refractivity contribution in [3.63, 3.8) is 0 Å². The molecule has 1 aromatic carbocycles. The smallest absolute Gasteiger partial charge is 0.318 e. The summed E-state index contributed by atoms with van der Waals surface area (Å²) in [6.45, 7) is 4.14. The quantitative estimate of drug-likeness (QED) is 0.754. The van der Waals surface area contributed by atoms with Gasteiger partial charge in [-0.15, -0.1) is 0 Å². The van der Waals surface area contributed by atoms with E-state index >= 15 is 0 Å². The fraction of sp³-hybridized carbons (Fsp3) is 0.619. The highest BCUT2D eigenvalue weighted by Crippen LogP contribution is 2.33. The van der Waals surface area contributed by atoms with Crippen LogP contribution in [0.5, 0.6) is 0 Å². The fourth-order valence-corrected chi connectivity index (χ4v) is 4.25. The van der Waals surface area contributed by atoms with Crippen molar-refractivity contribution in [3.05, 3.63) is 35.4 Å². The van der Waals surface area contributed by atoms with Crippen molar-refractivity contribution in [2.45, 2.75) is 38.3 Å². The van der Waals surface area contributed by atoms with E-state index in [0.29, 0.717) is 32.2 Å². The summed E-state index contributed by atoms with van der Waals surface area (Å²) in [5.41, 5.74) is 2.55. The lowest BCUT2D eigenvalue weighted by Crippen LogP contribution is -2.53. The van der Waals surface area contributed by atoms with E-state index in [-0.39, 0.29) is 24.7 Å². The second kappa shape index (κ2) is 9.39. The van der Waals surface area contributed by atoms with Gasteiger partial charge in [-0.25, -0.2) is 4.79 Å². The number of carbonyl (C=O) groups is 2. The minimum Gasteiger partial charge on any atom is -0.480 e. The summed E-state index contributed by atoms with van der Waals surface area (Å²) >= 11 is 0. The van der Waals surface area contributed by atoms with E-state index in [1.54, 1.807) is 16.8 Å². The molecule has 2 aliphatic rings. The van der Waals surface area contributed by atoms with Gasteiger partial charge in [-0.3, -0.25) is 9.69 Å². The van der Waals surface area contributed by atoms with Crippen LogP contribution in [0.4, 0.5) is 4.79 Å². The number of benzene rings is 1. The highest BCUT2D eigenvalue weighted by Gasteiger charge is 2.30. The second-order valence-corrected chi connectivity index (χ2v) is 8.02. The third-order valence-corrected chi connectivity index (χ3v) is 5.69. The summed E-state index contributed by atoms with van der Waals surface area (Å²) in [4.78, 5) is 27.3. The van der Waals surface area contributed by atoms with Crippen LogP contribution in [-0.4, -0.2) is 72.8 Å². The van der Waals surface area contributed by atoms with E-state index in [4.69, 9.17) is 9.84 Å². The van der Waals surface area contributed by atoms with Gasteiger partial charge in [0.2, 0.25) is 0 Å². The predicted molar refractivity (Wildman–Crippen MR) is 106 cm³/mol. The average Bonchev–Trinajstić information content (AvgIpc) is 2.80. The molecule has 0 aromatic heterocycles. The first-order valence-corrected chi connectivity index (χ1v) is 10.1. The first-order chi connectivity index (χ1) is 13.4. The molecule has 7 heteroatoms. The Morgan fingerprint density at radius 1 is 1.36 bits per heavy atom. The Morgan fingerprint density at radius 2 is 2.14 bits per heavy atom. The second-order valence-electron chi connectivity index (χ2n) is 8.02. The summed E-state index contributed by atoms with van der Waals surface area (Å²) in [5.74, 6) is -0.486. The Labute approximate surface area is 166 Å². The number of rotatable bonds is 5. The van der Waals surface area contributed by atoms with Gasteiger partial charge in [0.1, 0.15) is 0 Å². The van der Waals surface area contributed by atoms with Gasteiger partial charge < -0.3 is 20.1 Å². The average molecular weight is 389 g/mol. The summed E-state index contributed by atoms with van der Waals surface area (Å²) in [6, 6.07) is 8.35. The Kier molecular flexibility index (Phi) is 6.91. The predicted octanol–water partition coefficient (Wildman–Crippen LogP) is 2.13. The van der Waals surface area contributed by atoms with E-state index in [9.17, 15) is 9.59 Å². The molecule has 1 fully saturated rings. The highest BCUT2D eigenvalue weighted by molar-refractivity contribution is 5.75. The van der Waals surface area contributed by atoms with Crippen LogP contribution in [0.1, 0.15) is 36.9 Å². The molecular formula is C21H31N3O4. The van der Waals surface area contributed by atoms with Crippen molar-refractivity contribution in [1.82, 2.24) is 15.1 Å². The SMILES string of the molecule is CC1CCCc2ccccc2C1NC(=O)N1CCOC(CN(C)CC(=O)O)C1. The van der Waals surface area contributed by atoms with Crippen molar-refractivity contribution in [2.24, 2.45) is 5.92 Å². The molecule has 1 aliphatic heterocycles. The number of nitrogens with zero attached hydrogens (tertiary/aromatic N) is 2. The van der Waals surface area contributed by atoms with Crippen LogP contribution in [-0.2, 0) is 16.0 Å². The molecule has 0 radical (unpaired) electrons. The number of amides is 2. The van der Waals surface area contributed by atoms with Gasteiger partial charge in [0.25, 0.3) is 0 Å². The van der Waals surface area contributed by atoms with Crippen LogP contribution in [0.3, 0.4) is 0 Å². The number of likely N-dealkylation sites (N-methyl/N-ethyl adjacent to an activating group) is 1. The molecule has 2 amide bonds. The monoisotopic (exact) mass is 389 g/mol. The number of carboxylic acids is 1. The maximum atomic E-state index is 13.0. The first-order valence-electron chi connectivity index (χ1n) is 10.1. The van der Waals surface area contributed by atoms with Gasteiger partial charge in [-0.2, -0.15) is 0 Å². The highest BCUT2D eigenvalue weighted by atomic mass is 16.5. The standard InChI is InChI=1S/C21H31N3O4/c1-15-6-5-8-16-7-3-4-9-18(16)20(15)22-21(27)24-10-11-28-17(13-24)12-23(2)14-19(25)26/h3-4,7,9,15,17,20H,5-6,8,10-14H2,1-2H3,(H,22,27)(H,25,26). The lowest BCUT2D eigenvalue weighted by atomic mass is 9.92. The van der Waals surface area contributed by atoms with Gasteiger partial charge >= 0.3 is 12.0 Å². The molecule has 3 atom stereocenters. The molecule has 7 nitrogen and oxygen atoms in total. The van der Waals surface area contributed by atoms with Gasteiger partial charge in [0, 0.05) is 19.6 Å². The van der Waals surface area contributed by atoms with E-state index < -0.39 is 5.97 Å². The molecule has 0 saturated carbocycles. The molecule has 0 bridgehead atoms. The molecule has 3 rings (SSSR count). The first kappa shape index (κ1) is 20.6. The van der Waals surface area contributed by atoms with Crippen LogP contribution in [0, 0.1) is 5.92 Å². The molecule has 1 aromatic rings. The molecule has 1 heterocycles. The lowest BCUT2D eigenvalue weighted by Gasteiger charge is -2.36. The largest absolute Gasteiger partial charge is 0.480 e. The van der Waals surface area contributed by atoms with Crippen LogP contribution >= 0.6 is 0 Å². The van der Waals surface area contributed by atoms with Crippen molar-refractivity contribution in [3.8, 4) is 0 Å². The Bertz CT molecular complexity index is 696. The Morgan fingerprint density at radius 3 is 2.93 bits per heavy atom. The summed E-state index contributed by atoms with van der Waals surface area (Å²) in [6.07, 6.45) is 3.11. The molecule has 2 N–H and O–H groups in total. The zero-order valence-corrected chi connectivity index (χ0v) is 16.8. The molecule has 154 valence electrons. The van der Waals surface area contributed by atoms with Crippen LogP contribution in [0.15, 0.2) is 24.3 Å². The maximum absolute atomic E-state index is 13.0. The van der Waals surface area contributed by atoms with Gasteiger partial charge in [-0.1, -0.05) is 31.2 Å². The molecular weight excluding hydrogens is 358 g/mol. The zero-order chi connectivity index (χ0) is 20.1. The molecule has 0 spiro atoms. The summed E-state index contributed by atoms with van der Waals surface area (Å²) in [7, 11) is 1.75. The van der Waals surface area contributed by atoms with Gasteiger partial charge in [0.15, 0.2) is 0 Å². The van der Waals surface area contributed by atoms with Crippen molar-refractivity contribution >= 4 is 12.0 Å².